The maximum absolute atomic E-state index is 11.0. The molecule has 0 heterocycles. The van der Waals surface area contributed by atoms with E-state index in [4.69, 9.17) is 0 Å². The summed E-state index contributed by atoms with van der Waals surface area (Å²) in [5.74, 6) is 0. The van der Waals surface area contributed by atoms with Gasteiger partial charge in [0.1, 0.15) is 6.29 Å². The van der Waals surface area contributed by atoms with Gasteiger partial charge >= 0.3 is 0 Å². The second-order valence-corrected chi connectivity index (χ2v) is 18.8. The van der Waals surface area contributed by atoms with Crippen molar-refractivity contribution in [1.82, 2.24) is 0 Å². The van der Waals surface area contributed by atoms with Crippen LogP contribution >= 0.6 is 63.7 Å². The maximum atomic E-state index is 11.0. The summed E-state index contributed by atoms with van der Waals surface area (Å²) < 4.78 is 4.54. The average Bonchev–Trinajstić information content (AvgIpc) is 3.50. The van der Waals surface area contributed by atoms with Gasteiger partial charge in [-0.15, -0.1) is 0 Å². The van der Waals surface area contributed by atoms with E-state index in [0.717, 1.165) is 98.7 Å². The van der Waals surface area contributed by atoms with Crippen LogP contribution in [-0.2, 0) is 30.5 Å². The lowest BCUT2D eigenvalue weighted by atomic mass is 9.92. The molecule has 6 heteroatoms. The Balaban J connectivity index is 0.000000455. The van der Waals surface area contributed by atoms with Crippen molar-refractivity contribution in [2.75, 3.05) is 0 Å². The molecule has 0 bridgehead atoms. The number of allylic oxidation sites excluding steroid dienone is 3. The summed E-state index contributed by atoms with van der Waals surface area (Å²) in [6.45, 7) is 31.8. The molecule has 0 radical (unpaired) electrons. The fraction of sp³-hybridized carbons (Fsp3) is 0.257. The van der Waals surface area contributed by atoms with E-state index in [9.17, 15) is 9.59 Å². The molecular weight excluding hydrogens is 1190 g/mol. The van der Waals surface area contributed by atoms with E-state index in [2.05, 4.69) is 188 Å². The van der Waals surface area contributed by atoms with Gasteiger partial charge in [0.25, 0.3) is 0 Å². The highest BCUT2D eigenvalue weighted by atomic mass is 79.9. The van der Waals surface area contributed by atoms with Gasteiger partial charge in [-0.3, -0.25) is 9.59 Å². The molecule has 0 aromatic heterocycles. The van der Waals surface area contributed by atoms with Gasteiger partial charge in [-0.1, -0.05) is 266 Å². The molecular formula is C70H82Br4O2. The van der Waals surface area contributed by atoms with E-state index in [1.807, 2.05) is 142 Å². The summed E-state index contributed by atoms with van der Waals surface area (Å²) in [7, 11) is 0. The minimum absolute atomic E-state index is 0.839. The lowest BCUT2D eigenvalue weighted by Crippen LogP contribution is -2.02. The molecule has 0 spiro atoms. The number of carbonyl (C=O) groups excluding carboxylic acids is 2. The Bertz CT molecular complexity index is 3010. The molecule has 76 heavy (non-hydrogen) atoms. The second-order valence-electron chi connectivity index (χ2n) is 15.7. The average molecular weight is 1280 g/mol. The molecule has 402 valence electrons. The van der Waals surface area contributed by atoms with Crippen molar-refractivity contribution >= 4 is 124 Å². The zero-order valence-electron chi connectivity index (χ0n) is 47.3. The molecule has 0 saturated carbocycles. The molecule has 0 unspecified atom stereocenters. The van der Waals surface area contributed by atoms with Crippen molar-refractivity contribution in [2.24, 2.45) is 0 Å². The molecule has 8 aromatic rings. The predicted molar refractivity (Wildman–Crippen MR) is 356 cm³/mol. The third kappa shape index (κ3) is 19.6. The number of hydrogen-bond acceptors (Lipinski definition) is 2. The predicted octanol–water partition coefficient (Wildman–Crippen LogP) is 23.6. The normalized spacial score (nSPS) is 11.2. The molecule has 8 aromatic carbocycles. The van der Waals surface area contributed by atoms with Crippen LogP contribution in [0, 0.1) is 0 Å². The first-order valence-corrected chi connectivity index (χ1v) is 30.3. The molecule has 0 amide bonds. The van der Waals surface area contributed by atoms with E-state index in [-0.39, 0.29) is 0 Å². The van der Waals surface area contributed by atoms with Crippen LogP contribution in [0.5, 0.6) is 0 Å². The number of hydrogen-bond donors (Lipinski definition) is 0. The molecule has 2 nitrogen and oxygen atoms in total. The SMILES string of the molecule is C=CC1=C(Br)c2ccccc2CC1.C=Cc1ccc2ccccc2c1Br.CC.CC.CC.CC.CC.CCc1ccc2ccccc2c1Br.CCc1ccc2ccccc2c1C=O.O=CC1=C(Br)c2ccccc2CC1. The first-order chi connectivity index (χ1) is 37.2. The van der Waals surface area contributed by atoms with Gasteiger partial charge in [0, 0.05) is 29.0 Å². The topological polar surface area (TPSA) is 34.1 Å². The zero-order valence-corrected chi connectivity index (χ0v) is 53.6. The van der Waals surface area contributed by atoms with Crippen LogP contribution in [0.3, 0.4) is 0 Å². The van der Waals surface area contributed by atoms with E-state index >= 15 is 0 Å². The smallest absolute Gasteiger partial charge is 0.150 e. The molecule has 0 aliphatic heterocycles. The van der Waals surface area contributed by atoms with Gasteiger partial charge in [0.2, 0.25) is 0 Å². The molecule has 2 aliphatic rings. The van der Waals surface area contributed by atoms with Crippen LogP contribution in [0.1, 0.15) is 145 Å². The van der Waals surface area contributed by atoms with E-state index in [0.29, 0.717) is 0 Å². The van der Waals surface area contributed by atoms with Crippen molar-refractivity contribution in [3.63, 3.8) is 0 Å². The molecule has 0 saturated heterocycles. The molecule has 0 fully saturated rings. The number of halogens is 4. The van der Waals surface area contributed by atoms with Crippen LogP contribution in [0.4, 0.5) is 0 Å². The summed E-state index contributed by atoms with van der Waals surface area (Å²) in [4.78, 5) is 21.7. The Labute approximate surface area is 492 Å². The summed E-state index contributed by atoms with van der Waals surface area (Å²) in [6.07, 6.45) is 11.7. The zero-order chi connectivity index (χ0) is 57.0. The minimum atomic E-state index is 0.839. The van der Waals surface area contributed by atoms with E-state index in [1.165, 1.54) is 58.3 Å². The Hall–Kier alpha value is -5.24. The van der Waals surface area contributed by atoms with Crippen molar-refractivity contribution in [2.45, 2.75) is 122 Å². The van der Waals surface area contributed by atoms with Gasteiger partial charge in [0.05, 0.1) is 0 Å². The van der Waals surface area contributed by atoms with E-state index < -0.39 is 0 Å². The van der Waals surface area contributed by atoms with Crippen molar-refractivity contribution < 1.29 is 9.59 Å². The number of carbonyl (C=O) groups is 2. The fourth-order valence-corrected chi connectivity index (χ4v) is 10.9. The van der Waals surface area contributed by atoms with Crippen LogP contribution in [-0.4, -0.2) is 12.6 Å². The number of fused-ring (bicyclic) bond motifs is 5. The van der Waals surface area contributed by atoms with Crippen molar-refractivity contribution in [3.05, 3.63) is 242 Å². The summed E-state index contributed by atoms with van der Waals surface area (Å²) in [5.41, 5.74) is 11.9. The summed E-state index contributed by atoms with van der Waals surface area (Å²) >= 11 is 14.3. The molecule has 0 atom stereocenters. The first kappa shape index (κ1) is 68.8. The minimum Gasteiger partial charge on any atom is -0.298 e. The highest BCUT2D eigenvalue weighted by molar-refractivity contribution is 9.15. The highest BCUT2D eigenvalue weighted by Gasteiger charge is 2.16. The van der Waals surface area contributed by atoms with Crippen molar-refractivity contribution in [1.29, 1.82) is 0 Å². The van der Waals surface area contributed by atoms with Gasteiger partial charge < -0.3 is 0 Å². The molecule has 0 N–H and O–H groups in total. The summed E-state index contributed by atoms with van der Waals surface area (Å²) in [6, 6.07) is 54.1. The summed E-state index contributed by atoms with van der Waals surface area (Å²) in [5, 5.41) is 7.28. The number of rotatable bonds is 6. The largest absolute Gasteiger partial charge is 0.298 e. The van der Waals surface area contributed by atoms with Crippen LogP contribution in [0.25, 0.3) is 47.4 Å². The second kappa shape index (κ2) is 40.0. The van der Waals surface area contributed by atoms with Crippen LogP contribution in [0.2, 0.25) is 0 Å². The van der Waals surface area contributed by atoms with Gasteiger partial charge in [0.15, 0.2) is 6.29 Å². The maximum Gasteiger partial charge on any atom is 0.150 e. The monoisotopic (exact) mass is 1270 g/mol. The van der Waals surface area contributed by atoms with Crippen LogP contribution in [0.15, 0.2) is 197 Å². The first-order valence-electron chi connectivity index (χ1n) is 27.1. The van der Waals surface area contributed by atoms with E-state index in [1.54, 1.807) is 0 Å². The van der Waals surface area contributed by atoms with Gasteiger partial charge in [-0.05, 0) is 179 Å². The number of aryl methyl sites for hydroxylation is 4. The Morgan fingerprint density at radius 3 is 1.22 bits per heavy atom. The Kier molecular flexibility index (Phi) is 36.2. The molecule has 2 aliphatic carbocycles. The standard InChI is InChI=1S/C13H12O.2C12H11Br.C12H9Br.C11H9BrO.5C2H6/c1-2-10-7-8-11-5-3-4-6-12(11)13(10)9-14;3*1-2-9-7-8-10-5-3-4-6-11(10)12(9)13;12-11-9(7-13)6-5-8-3-1-2-4-10(8)11;5*1-2/h3-9H,2H2,1H3;3-8H,2H2,1H3;2-6H,1,7-8H2;2-8H,1H2;1-4,7H,5-6H2;5*1-2H3. The number of benzene rings is 8. The lowest BCUT2D eigenvalue weighted by molar-refractivity contribution is -0.105. The van der Waals surface area contributed by atoms with Crippen LogP contribution < -0.4 is 0 Å². The quantitative estimate of drug-likeness (QED) is 0.156. The highest BCUT2D eigenvalue weighted by Crippen LogP contribution is 2.36. The lowest BCUT2D eigenvalue weighted by Gasteiger charge is -2.17. The van der Waals surface area contributed by atoms with Crippen molar-refractivity contribution in [3.8, 4) is 0 Å². The number of aldehydes is 2. The fourth-order valence-electron chi connectivity index (χ4n) is 8.06. The Morgan fingerprint density at radius 1 is 0.395 bits per heavy atom. The third-order valence-corrected chi connectivity index (χ3v) is 15.5. The van der Waals surface area contributed by atoms with Gasteiger partial charge in [-0.2, -0.15) is 0 Å². The Morgan fingerprint density at radius 2 is 0.776 bits per heavy atom. The van der Waals surface area contributed by atoms with Gasteiger partial charge in [-0.25, -0.2) is 0 Å². The molecule has 10 rings (SSSR count). The third-order valence-electron chi connectivity index (χ3n) is 11.8.